The zero-order valence-corrected chi connectivity index (χ0v) is 16.8. The SMILES string of the molecule is CC(C)C(C)(CNC(=O)OC(C)(C)C)NCc1ccc(Cl)cc1Cl. The van der Waals surface area contributed by atoms with Crippen LogP contribution >= 0.6 is 23.2 Å². The summed E-state index contributed by atoms with van der Waals surface area (Å²) >= 11 is 12.2. The van der Waals surface area contributed by atoms with E-state index in [1.807, 2.05) is 32.9 Å². The smallest absolute Gasteiger partial charge is 0.407 e. The molecule has 4 nitrogen and oxygen atoms in total. The third-order valence-corrected chi connectivity index (χ3v) is 4.56. The van der Waals surface area contributed by atoms with Crippen LogP contribution in [-0.4, -0.2) is 23.8 Å². The van der Waals surface area contributed by atoms with Crippen molar-refractivity contribution in [1.29, 1.82) is 0 Å². The number of benzene rings is 1. The van der Waals surface area contributed by atoms with E-state index in [2.05, 4.69) is 31.4 Å². The summed E-state index contributed by atoms with van der Waals surface area (Å²) in [6.07, 6.45) is -0.416. The molecule has 0 heterocycles. The quantitative estimate of drug-likeness (QED) is 0.734. The summed E-state index contributed by atoms with van der Waals surface area (Å²) in [6, 6.07) is 5.45. The number of hydrogen-bond donors (Lipinski definition) is 2. The molecule has 0 bridgehead atoms. The van der Waals surface area contributed by atoms with E-state index < -0.39 is 11.7 Å². The molecule has 136 valence electrons. The minimum absolute atomic E-state index is 0.290. The van der Waals surface area contributed by atoms with Crippen molar-refractivity contribution in [1.82, 2.24) is 10.6 Å². The van der Waals surface area contributed by atoms with Gasteiger partial charge in [0.05, 0.1) is 0 Å². The predicted molar refractivity (Wildman–Crippen MR) is 101 cm³/mol. The Labute approximate surface area is 155 Å². The second kappa shape index (κ2) is 8.41. The summed E-state index contributed by atoms with van der Waals surface area (Å²) in [5.74, 6) is 0.290. The maximum absolute atomic E-state index is 11.9. The van der Waals surface area contributed by atoms with Crippen molar-refractivity contribution >= 4 is 29.3 Å². The van der Waals surface area contributed by atoms with Crippen molar-refractivity contribution in [2.24, 2.45) is 5.92 Å². The van der Waals surface area contributed by atoms with Gasteiger partial charge in [0.25, 0.3) is 0 Å². The molecule has 0 aliphatic heterocycles. The molecule has 2 N–H and O–H groups in total. The van der Waals surface area contributed by atoms with Gasteiger partial charge in [-0.15, -0.1) is 0 Å². The second-order valence-electron chi connectivity index (χ2n) is 7.52. The first-order chi connectivity index (χ1) is 10.9. The number of rotatable bonds is 6. The normalized spacial score (nSPS) is 14.4. The first-order valence-corrected chi connectivity index (χ1v) is 8.84. The molecule has 1 aromatic rings. The van der Waals surface area contributed by atoms with Gasteiger partial charge in [0.2, 0.25) is 0 Å². The summed E-state index contributed by atoms with van der Waals surface area (Å²) in [4.78, 5) is 11.9. The molecule has 0 saturated heterocycles. The molecule has 24 heavy (non-hydrogen) atoms. The largest absolute Gasteiger partial charge is 0.444 e. The Hall–Kier alpha value is -0.970. The van der Waals surface area contributed by atoms with Crippen molar-refractivity contribution in [2.75, 3.05) is 6.54 Å². The number of carbonyl (C=O) groups is 1. The second-order valence-corrected chi connectivity index (χ2v) is 8.36. The molecule has 0 radical (unpaired) electrons. The molecule has 1 unspecified atom stereocenters. The Bertz CT molecular complexity index is 571. The van der Waals surface area contributed by atoms with E-state index in [1.165, 1.54) is 0 Å². The van der Waals surface area contributed by atoms with Gasteiger partial charge >= 0.3 is 6.09 Å². The van der Waals surface area contributed by atoms with E-state index in [1.54, 1.807) is 6.07 Å². The van der Waals surface area contributed by atoms with Crippen LogP contribution in [-0.2, 0) is 11.3 Å². The molecule has 0 aromatic heterocycles. The highest BCUT2D eigenvalue weighted by Gasteiger charge is 2.29. The third-order valence-electron chi connectivity index (χ3n) is 3.97. The summed E-state index contributed by atoms with van der Waals surface area (Å²) in [5, 5.41) is 7.57. The molecule has 6 heteroatoms. The summed E-state index contributed by atoms with van der Waals surface area (Å²) in [7, 11) is 0. The molecule has 0 saturated carbocycles. The molecular weight excluding hydrogens is 347 g/mol. The van der Waals surface area contributed by atoms with Crippen LogP contribution < -0.4 is 10.6 Å². The minimum Gasteiger partial charge on any atom is -0.444 e. The lowest BCUT2D eigenvalue weighted by Crippen LogP contribution is -2.55. The van der Waals surface area contributed by atoms with Crippen LogP contribution in [0.2, 0.25) is 10.0 Å². The topological polar surface area (TPSA) is 50.4 Å². The number of nitrogens with one attached hydrogen (secondary N) is 2. The minimum atomic E-state index is -0.511. The first-order valence-electron chi connectivity index (χ1n) is 8.09. The Balaban J connectivity index is 2.69. The number of amides is 1. The summed E-state index contributed by atoms with van der Waals surface area (Å²) in [5.41, 5.74) is 0.146. The van der Waals surface area contributed by atoms with Crippen molar-refractivity contribution in [3.8, 4) is 0 Å². The van der Waals surface area contributed by atoms with Gasteiger partial charge in [-0.2, -0.15) is 0 Å². The van der Waals surface area contributed by atoms with Crippen LogP contribution in [0.25, 0.3) is 0 Å². The van der Waals surface area contributed by atoms with Crippen LogP contribution in [0.5, 0.6) is 0 Å². The maximum Gasteiger partial charge on any atom is 0.407 e. The highest BCUT2D eigenvalue weighted by atomic mass is 35.5. The lowest BCUT2D eigenvalue weighted by Gasteiger charge is -2.35. The lowest BCUT2D eigenvalue weighted by molar-refractivity contribution is 0.0503. The summed E-state index contributed by atoms with van der Waals surface area (Å²) < 4.78 is 5.29. The third kappa shape index (κ3) is 6.88. The van der Waals surface area contributed by atoms with E-state index in [0.717, 1.165) is 5.56 Å². The Kier molecular flexibility index (Phi) is 7.39. The van der Waals surface area contributed by atoms with Crippen LogP contribution in [0.4, 0.5) is 4.79 Å². The number of carbonyl (C=O) groups excluding carboxylic acids is 1. The van der Waals surface area contributed by atoms with Gasteiger partial charge in [0, 0.05) is 28.7 Å². The molecular formula is C18H28Cl2N2O2. The Morgan fingerprint density at radius 1 is 1.21 bits per heavy atom. The number of alkyl carbamates (subject to hydrolysis) is 1. The molecule has 0 spiro atoms. The van der Waals surface area contributed by atoms with E-state index in [9.17, 15) is 4.79 Å². The number of halogens is 2. The predicted octanol–water partition coefficient (Wildman–Crippen LogP) is 5.02. The van der Waals surface area contributed by atoms with E-state index >= 15 is 0 Å². The van der Waals surface area contributed by atoms with Crippen molar-refractivity contribution in [3.05, 3.63) is 33.8 Å². The molecule has 1 amide bonds. The van der Waals surface area contributed by atoms with Gasteiger partial charge in [0.15, 0.2) is 0 Å². The van der Waals surface area contributed by atoms with Gasteiger partial charge in [-0.05, 0) is 51.3 Å². The van der Waals surface area contributed by atoms with Crippen molar-refractivity contribution in [2.45, 2.75) is 59.2 Å². The fourth-order valence-corrected chi connectivity index (χ4v) is 2.48. The molecule has 1 rings (SSSR count). The average molecular weight is 375 g/mol. The Morgan fingerprint density at radius 2 is 1.83 bits per heavy atom. The highest BCUT2D eigenvalue weighted by molar-refractivity contribution is 6.35. The van der Waals surface area contributed by atoms with Gasteiger partial charge in [-0.25, -0.2) is 4.79 Å². The highest BCUT2D eigenvalue weighted by Crippen LogP contribution is 2.23. The molecule has 0 fully saturated rings. The summed E-state index contributed by atoms with van der Waals surface area (Å²) in [6.45, 7) is 12.8. The van der Waals surface area contributed by atoms with Crippen LogP contribution in [0.1, 0.15) is 47.1 Å². The van der Waals surface area contributed by atoms with Gasteiger partial charge in [0.1, 0.15) is 5.60 Å². The van der Waals surface area contributed by atoms with Crippen molar-refractivity contribution in [3.63, 3.8) is 0 Å². The fraction of sp³-hybridized carbons (Fsp3) is 0.611. The zero-order chi connectivity index (χ0) is 18.5. The van der Waals surface area contributed by atoms with E-state index in [4.69, 9.17) is 27.9 Å². The van der Waals surface area contributed by atoms with Crippen LogP contribution in [0.15, 0.2) is 18.2 Å². The first kappa shape index (κ1) is 21.1. The van der Waals surface area contributed by atoms with Crippen LogP contribution in [0.3, 0.4) is 0 Å². The molecule has 0 aliphatic rings. The number of ether oxygens (including phenoxy) is 1. The monoisotopic (exact) mass is 374 g/mol. The van der Waals surface area contributed by atoms with Crippen LogP contribution in [0, 0.1) is 5.92 Å². The van der Waals surface area contributed by atoms with Gasteiger partial charge < -0.3 is 15.4 Å². The van der Waals surface area contributed by atoms with E-state index in [-0.39, 0.29) is 5.54 Å². The standard InChI is InChI=1S/C18H28Cl2N2O2/c1-12(2)18(6,11-21-16(23)24-17(3,4)5)22-10-13-7-8-14(19)9-15(13)20/h7-9,12,22H,10-11H2,1-6H3,(H,21,23). The van der Waals surface area contributed by atoms with Gasteiger partial charge in [-0.1, -0.05) is 43.1 Å². The Morgan fingerprint density at radius 3 is 2.33 bits per heavy atom. The maximum atomic E-state index is 11.9. The fourth-order valence-electron chi connectivity index (χ4n) is 2.00. The molecule has 1 atom stereocenters. The van der Waals surface area contributed by atoms with Crippen molar-refractivity contribution < 1.29 is 9.53 Å². The van der Waals surface area contributed by atoms with E-state index in [0.29, 0.717) is 29.1 Å². The average Bonchev–Trinajstić information content (AvgIpc) is 2.42. The molecule has 0 aliphatic carbocycles. The zero-order valence-electron chi connectivity index (χ0n) is 15.3. The number of hydrogen-bond acceptors (Lipinski definition) is 3. The lowest BCUT2D eigenvalue weighted by atomic mass is 9.88. The van der Waals surface area contributed by atoms with Gasteiger partial charge in [-0.3, -0.25) is 0 Å². The molecule has 1 aromatic carbocycles.